The lowest BCUT2D eigenvalue weighted by atomic mass is 9.85. The summed E-state index contributed by atoms with van der Waals surface area (Å²) in [7, 11) is 0. The van der Waals surface area contributed by atoms with Gasteiger partial charge in [0.1, 0.15) is 11.9 Å². The third-order valence-corrected chi connectivity index (χ3v) is 3.72. The Balaban J connectivity index is 1.94. The summed E-state index contributed by atoms with van der Waals surface area (Å²) in [5.74, 6) is 0.0417. The van der Waals surface area contributed by atoms with Crippen molar-refractivity contribution < 1.29 is 14.6 Å². The molecule has 0 saturated heterocycles. The van der Waals surface area contributed by atoms with Gasteiger partial charge in [0.15, 0.2) is 0 Å². The Morgan fingerprint density at radius 3 is 2.55 bits per heavy atom. The van der Waals surface area contributed by atoms with Gasteiger partial charge >= 0.3 is 5.97 Å². The highest BCUT2D eigenvalue weighted by molar-refractivity contribution is 5.68. The Bertz CT molecular complexity index is 607. The van der Waals surface area contributed by atoms with Crippen LogP contribution in [0.2, 0.25) is 0 Å². The van der Waals surface area contributed by atoms with Crippen LogP contribution in [0.3, 0.4) is 0 Å². The summed E-state index contributed by atoms with van der Waals surface area (Å²) in [4.78, 5) is 11.1. The van der Waals surface area contributed by atoms with Crippen molar-refractivity contribution in [2.45, 2.75) is 24.9 Å². The molecule has 2 atom stereocenters. The Hall–Kier alpha value is -2.29. The van der Waals surface area contributed by atoms with Gasteiger partial charge in [-0.15, -0.1) is 0 Å². The van der Waals surface area contributed by atoms with Crippen LogP contribution >= 0.6 is 0 Å². The molecule has 1 aliphatic heterocycles. The smallest absolute Gasteiger partial charge is 0.303 e. The van der Waals surface area contributed by atoms with Crippen molar-refractivity contribution in [1.29, 1.82) is 0 Å². The van der Waals surface area contributed by atoms with Gasteiger partial charge in [0.05, 0.1) is 6.42 Å². The van der Waals surface area contributed by atoms with E-state index in [1.54, 1.807) is 0 Å². The lowest BCUT2D eigenvalue weighted by Gasteiger charge is -2.31. The summed E-state index contributed by atoms with van der Waals surface area (Å²) in [5, 5.41) is 9.11. The average molecular weight is 268 g/mol. The first kappa shape index (κ1) is 12.7. The maximum atomic E-state index is 11.1. The minimum atomic E-state index is -0.765. The second kappa shape index (κ2) is 5.37. The van der Waals surface area contributed by atoms with Gasteiger partial charge in [0.25, 0.3) is 0 Å². The van der Waals surface area contributed by atoms with Gasteiger partial charge in [-0.2, -0.15) is 0 Å². The van der Waals surface area contributed by atoms with E-state index < -0.39 is 5.97 Å². The Morgan fingerprint density at radius 1 is 1.10 bits per heavy atom. The first-order valence-electron chi connectivity index (χ1n) is 6.76. The highest BCUT2D eigenvalue weighted by atomic mass is 16.5. The summed E-state index contributed by atoms with van der Waals surface area (Å²) < 4.78 is 6.04. The van der Waals surface area contributed by atoms with Gasteiger partial charge in [-0.1, -0.05) is 48.5 Å². The summed E-state index contributed by atoms with van der Waals surface area (Å²) >= 11 is 0. The highest BCUT2D eigenvalue weighted by Gasteiger charge is 2.30. The molecule has 2 aromatic rings. The van der Waals surface area contributed by atoms with Gasteiger partial charge in [0, 0.05) is 5.92 Å². The number of rotatable bonds is 3. The van der Waals surface area contributed by atoms with Crippen LogP contribution in [0.4, 0.5) is 0 Å². The molecule has 1 heterocycles. The Labute approximate surface area is 117 Å². The zero-order chi connectivity index (χ0) is 13.9. The molecule has 0 aliphatic carbocycles. The molecule has 20 heavy (non-hydrogen) atoms. The number of hydrogen-bond acceptors (Lipinski definition) is 2. The zero-order valence-electron chi connectivity index (χ0n) is 11.0. The van der Waals surface area contributed by atoms with E-state index in [2.05, 4.69) is 0 Å². The number of aliphatic carboxylic acids is 1. The van der Waals surface area contributed by atoms with Crippen molar-refractivity contribution in [3.63, 3.8) is 0 Å². The number of para-hydroxylation sites is 1. The van der Waals surface area contributed by atoms with Crippen molar-refractivity contribution in [2.75, 3.05) is 0 Å². The van der Waals surface area contributed by atoms with Crippen LogP contribution in [0.15, 0.2) is 54.6 Å². The largest absolute Gasteiger partial charge is 0.485 e. The molecule has 0 aromatic heterocycles. The number of carboxylic acid groups (broad SMARTS) is 1. The molecule has 2 aromatic carbocycles. The molecule has 3 nitrogen and oxygen atoms in total. The third kappa shape index (κ3) is 2.52. The first-order chi connectivity index (χ1) is 9.74. The molecule has 0 amide bonds. The van der Waals surface area contributed by atoms with E-state index >= 15 is 0 Å². The monoisotopic (exact) mass is 268 g/mol. The molecule has 102 valence electrons. The fraction of sp³-hybridized carbons (Fsp3) is 0.235. The van der Waals surface area contributed by atoms with Gasteiger partial charge in [0.2, 0.25) is 0 Å². The molecule has 0 bridgehead atoms. The van der Waals surface area contributed by atoms with Crippen LogP contribution in [0.1, 0.15) is 36.0 Å². The standard InChI is InChI=1S/C17H16O3/c18-17(19)11-13-10-16(12-6-2-1-3-7-12)20-15-9-5-4-8-14(13)15/h1-9,13,16H,10-11H2,(H,18,19)/t13-,16-/m0/s1. The fourth-order valence-corrected chi connectivity index (χ4v) is 2.79. The number of ether oxygens (including phenoxy) is 1. The maximum Gasteiger partial charge on any atom is 0.303 e. The SMILES string of the molecule is O=C(O)C[C@@H]1C[C@@H](c2ccccc2)Oc2ccccc21. The van der Waals surface area contributed by atoms with E-state index in [9.17, 15) is 4.79 Å². The van der Waals surface area contributed by atoms with Gasteiger partial charge < -0.3 is 9.84 Å². The molecule has 0 saturated carbocycles. The molecule has 0 spiro atoms. The van der Waals surface area contributed by atoms with Crippen LogP contribution < -0.4 is 4.74 Å². The predicted molar refractivity (Wildman–Crippen MR) is 75.9 cm³/mol. The number of hydrogen-bond donors (Lipinski definition) is 1. The molecule has 1 N–H and O–H groups in total. The van der Waals surface area contributed by atoms with E-state index in [4.69, 9.17) is 9.84 Å². The normalized spacial score (nSPS) is 20.8. The highest BCUT2D eigenvalue weighted by Crippen LogP contribution is 2.43. The predicted octanol–water partition coefficient (Wildman–Crippen LogP) is 3.77. The first-order valence-corrected chi connectivity index (χ1v) is 6.76. The molecule has 3 rings (SSSR count). The van der Waals surface area contributed by atoms with Crippen LogP contribution in [-0.2, 0) is 4.79 Å². The second-order valence-corrected chi connectivity index (χ2v) is 5.09. The van der Waals surface area contributed by atoms with E-state index in [1.807, 2.05) is 54.6 Å². The van der Waals surface area contributed by atoms with Crippen LogP contribution in [-0.4, -0.2) is 11.1 Å². The number of benzene rings is 2. The summed E-state index contributed by atoms with van der Waals surface area (Å²) in [6.45, 7) is 0. The number of fused-ring (bicyclic) bond motifs is 1. The maximum absolute atomic E-state index is 11.1. The van der Waals surface area contributed by atoms with E-state index in [-0.39, 0.29) is 18.4 Å². The third-order valence-electron chi connectivity index (χ3n) is 3.72. The van der Waals surface area contributed by atoms with Crippen LogP contribution in [0, 0.1) is 0 Å². The minimum absolute atomic E-state index is 0.00246. The summed E-state index contributed by atoms with van der Waals surface area (Å²) in [5.41, 5.74) is 2.10. The van der Waals surface area contributed by atoms with Crippen molar-refractivity contribution in [3.05, 3.63) is 65.7 Å². The van der Waals surface area contributed by atoms with Crippen molar-refractivity contribution in [3.8, 4) is 5.75 Å². The lowest BCUT2D eigenvalue weighted by molar-refractivity contribution is -0.137. The zero-order valence-corrected chi connectivity index (χ0v) is 11.0. The number of carboxylic acids is 1. The van der Waals surface area contributed by atoms with Gasteiger partial charge in [-0.05, 0) is 23.6 Å². The van der Waals surface area contributed by atoms with Crippen molar-refractivity contribution >= 4 is 5.97 Å². The Kier molecular flexibility index (Phi) is 3.42. The summed E-state index contributed by atoms with van der Waals surface area (Å²) in [6.07, 6.45) is 0.771. The molecule has 1 aliphatic rings. The average Bonchev–Trinajstić information content (AvgIpc) is 2.47. The molecule has 0 fully saturated rings. The molecule has 0 radical (unpaired) electrons. The van der Waals surface area contributed by atoms with Crippen LogP contribution in [0.5, 0.6) is 5.75 Å². The quantitative estimate of drug-likeness (QED) is 0.921. The minimum Gasteiger partial charge on any atom is -0.485 e. The molecule has 0 unspecified atom stereocenters. The molecular formula is C17H16O3. The topological polar surface area (TPSA) is 46.5 Å². The van der Waals surface area contributed by atoms with Crippen LogP contribution in [0.25, 0.3) is 0 Å². The lowest BCUT2D eigenvalue weighted by Crippen LogP contribution is -2.21. The molecule has 3 heteroatoms. The van der Waals surface area contributed by atoms with E-state index in [0.717, 1.165) is 16.9 Å². The van der Waals surface area contributed by atoms with Gasteiger partial charge in [-0.25, -0.2) is 0 Å². The van der Waals surface area contributed by atoms with Gasteiger partial charge in [-0.3, -0.25) is 4.79 Å². The second-order valence-electron chi connectivity index (χ2n) is 5.09. The summed E-state index contributed by atoms with van der Waals surface area (Å²) in [6, 6.07) is 17.7. The molecular weight excluding hydrogens is 252 g/mol. The number of carbonyl (C=O) groups is 1. The fourth-order valence-electron chi connectivity index (χ4n) is 2.79. The van der Waals surface area contributed by atoms with Crippen molar-refractivity contribution in [1.82, 2.24) is 0 Å². The van der Waals surface area contributed by atoms with E-state index in [0.29, 0.717) is 6.42 Å². The van der Waals surface area contributed by atoms with E-state index in [1.165, 1.54) is 0 Å². The Morgan fingerprint density at radius 2 is 1.80 bits per heavy atom. The van der Waals surface area contributed by atoms with Crippen molar-refractivity contribution in [2.24, 2.45) is 0 Å².